The predicted molar refractivity (Wildman–Crippen MR) is 68.5 cm³/mol. The van der Waals surface area contributed by atoms with E-state index in [-0.39, 0.29) is 6.01 Å². The molecule has 8 heteroatoms. The Kier molecular flexibility index (Phi) is 4.11. The first-order chi connectivity index (χ1) is 8.76. The number of hydrogen-bond donors (Lipinski definition) is 2. The molecule has 3 N–H and O–H groups in total. The Balaban J connectivity index is 2.13. The number of anilines is 2. The molecule has 2 heterocycles. The van der Waals surface area contributed by atoms with Gasteiger partial charge in [-0.1, -0.05) is 6.92 Å². The molecule has 1 aromatic heterocycles. The lowest BCUT2D eigenvalue weighted by Gasteiger charge is -2.33. The van der Waals surface area contributed by atoms with E-state index < -0.39 is 0 Å². The highest BCUT2D eigenvalue weighted by atomic mass is 16.5. The number of ether oxygens (including phenoxy) is 1. The van der Waals surface area contributed by atoms with E-state index in [4.69, 9.17) is 10.6 Å². The van der Waals surface area contributed by atoms with E-state index in [1.54, 1.807) is 0 Å². The average molecular weight is 253 g/mol. The minimum atomic E-state index is 0.269. The van der Waals surface area contributed by atoms with Gasteiger partial charge in [0.05, 0.1) is 7.11 Å². The van der Waals surface area contributed by atoms with Gasteiger partial charge in [0, 0.05) is 26.2 Å². The van der Waals surface area contributed by atoms with Gasteiger partial charge in [-0.25, -0.2) is 5.84 Å². The summed E-state index contributed by atoms with van der Waals surface area (Å²) in [7, 11) is 1.52. The monoisotopic (exact) mass is 253 g/mol. The van der Waals surface area contributed by atoms with E-state index in [9.17, 15) is 0 Å². The standard InChI is InChI=1S/C10H19N7O/c1-3-16-4-6-17(7-5-16)9-12-8(15-11)13-10(14-9)18-2/h3-7,11H2,1-2H3,(H,12,13,14,15). The zero-order chi connectivity index (χ0) is 13.0. The number of piperazine rings is 1. The van der Waals surface area contributed by atoms with Crippen molar-refractivity contribution >= 4 is 11.9 Å². The molecule has 1 aromatic rings. The van der Waals surface area contributed by atoms with Crippen molar-refractivity contribution in [2.75, 3.05) is 50.2 Å². The van der Waals surface area contributed by atoms with Gasteiger partial charge in [-0.2, -0.15) is 15.0 Å². The Hall–Kier alpha value is -1.67. The van der Waals surface area contributed by atoms with Gasteiger partial charge >= 0.3 is 6.01 Å². The van der Waals surface area contributed by atoms with Gasteiger partial charge in [0.25, 0.3) is 0 Å². The van der Waals surface area contributed by atoms with Crippen LogP contribution >= 0.6 is 0 Å². The number of methoxy groups -OCH3 is 1. The quantitative estimate of drug-likeness (QED) is 0.538. The molecule has 1 aliphatic heterocycles. The van der Waals surface area contributed by atoms with Gasteiger partial charge in [-0.3, -0.25) is 5.43 Å². The second kappa shape index (κ2) is 5.78. The van der Waals surface area contributed by atoms with E-state index in [0.29, 0.717) is 11.9 Å². The van der Waals surface area contributed by atoms with Gasteiger partial charge in [0.15, 0.2) is 0 Å². The van der Waals surface area contributed by atoms with Crippen LogP contribution < -0.4 is 20.9 Å². The highest BCUT2D eigenvalue weighted by Crippen LogP contribution is 2.15. The van der Waals surface area contributed by atoms with Gasteiger partial charge in [0.1, 0.15) is 0 Å². The number of nitrogens with one attached hydrogen (secondary N) is 1. The summed E-state index contributed by atoms with van der Waals surface area (Å²) in [5.74, 6) is 6.25. The smallest absolute Gasteiger partial charge is 0.322 e. The molecule has 0 unspecified atom stereocenters. The zero-order valence-corrected chi connectivity index (χ0v) is 10.8. The summed E-state index contributed by atoms with van der Waals surface area (Å²) in [6, 6.07) is 0.269. The van der Waals surface area contributed by atoms with Gasteiger partial charge in [0.2, 0.25) is 11.9 Å². The largest absolute Gasteiger partial charge is 0.467 e. The van der Waals surface area contributed by atoms with Gasteiger partial charge < -0.3 is 14.5 Å². The second-order valence-corrected chi connectivity index (χ2v) is 4.01. The second-order valence-electron chi connectivity index (χ2n) is 4.01. The summed E-state index contributed by atoms with van der Waals surface area (Å²) in [4.78, 5) is 17.0. The number of nitrogens with two attached hydrogens (primary N) is 1. The first kappa shape index (κ1) is 12.8. The molecule has 0 spiro atoms. The van der Waals surface area contributed by atoms with Crippen LogP contribution in [0.5, 0.6) is 6.01 Å². The van der Waals surface area contributed by atoms with Crippen molar-refractivity contribution in [3.63, 3.8) is 0 Å². The lowest BCUT2D eigenvalue weighted by atomic mass is 10.3. The van der Waals surface area contributed by atoms with E-state index in [1.165, 1.54) is 7.11 Å². The Morgan fingerprint density at radius 1 is 1.22 bits per heavy atom. The Labute approximate surface area is 106 Å². The van der Waals surface area contributed by atoms with Crippen LogP contribution in [0.4, 0.5) is 11.9 Å². The number of aromatic nitrogens is 3. The van der Waals surface area contributed by atoms with E-state index >= 15 is 0 Å². The van der Waals surface area contributed by atoms with Crippen LogP contribution in [0.1, 0.15) is 6.92 Å². The summed E-state index contributed by atoms with van der Waals surface area (Å²) >= 11 is 0. The third-order valence-electron chi connectivity index (χ3n) is 3.02. The van der Waals surface area contributed by atoms with Crippen LogP contribution in [0.25, 0.3) is 0 Å². The molecule has 0 aliphatic carbocycles. The third-order valence-corrected chi connectivity index (χ3v) is 3.02. The highest BCUT2D eigenvalue weighted by Gasteiger charge is 2.19. The van der Waals surface area contributed by atoms with Gasteiger partial charge in [-0.15, -0.1) is 0 Å². The van der Waals surface area contributed by atoms with Crippen molar-refractivity contribution in [1.82, 2.24) is 19.9 Å². The first-order valence-corrected chi connectivity index (χ1v) is 6.00. The summed E-state index contributed by atoms with van der Waals surface area (Å²) in [6.45, 7) is 7.05. The van der Waals surface area contributed by atoms with Crippen molar-refractivity contribution in [3.05, 3.63) is 0 Å². The first-order valence-electron chi connectivity index (χ1n) is 6.00. The normalized spacial score (nSPS) is 16.7. The number of rotatable bonds is 4. The van der Waals surface area contributed by atoms with E-state index in [2.05, 4.69) is 37.1 Å². The van der Waals surface area contributed by atoms with Crippen LogP contribution in [0.2, 0.25) is 0 Å². The molecule has 2 rings (SSSR count). The van der Waals surface area contributed by atoms with Gasteiger partial charge in [-0.05, 0) is 6.54 Å². The van der Waals surface area contributed by atoms with Crippen molar-refractivity contribution in [2.24, 2.45) is 5.84 Å². The summed E-state index contributed by atoms with van der Waals surface area (Å²) < 4.78 is 5.04. The summed E-state index contributed by atoms with van der Waals surface area (Å²) in [5.41, 5.74) is 2.42. The number of hydrazine groups is 1. The number of hydrogen-bond acceptors (Lipinski definition) is 8. The molecule has 0 atom stereocenters. The molecule has 1 aliphatic rings. The fourth-order valence-electron chi connectivity index (χ4n) is 1.91. The third kappa shape index (κ3) is 2.77. The van der Waals surface area contributed by atoms with Crippen molar-refractivity contribution in [2.45, 2.75) is 6.92 Å². The van der Waals surface area contributed by atoms with Crippen molar-refractivity contribution in [3.8, 4) is 6.01 Å². The fraction of sp³-hybridized carbons (Fsp3) is 0.700. The van der Waals surface area contributed by atoms with Crippen LogP contribution in [0.3, 0.4) is 0 Å². The molecular weight excluding hydrogens is 234 g/mol. The SMILES string of the molecule is CCN1CCN(c2nc(NN)nc(OC)n2)CC1. The van der Waals surface area contributed by atoms with E-state index in [0.717, 1.165) is 32.7 Å². The number of nitrogen functional groups attached to an aromatic ring is 1. The summed E-state index contributed by atoms with van der Waals surface area (Å²) in [5, 5.41) is 0. The topological polar surface area (TPSA) is 92.4 Å². The molecule has 18 heavy (non-hydrogen) atoms. The molecule has 0 aromatic carbocycles. The fourth-order valence-corrected chi connectivity index (χ4v) is 1.91. The summed E-state index contributed by atoms with van der Waals surface area (Å²) in [6.07, 6.45) is 0. The Morgan fingerprint density at radius 3 is 2.50 bits per heavy atom. The minimum Gasteiger partial charge on any atom is -0.467 e. The number of nitrogens with zero attached hydrogens (tertiary/aromatic N) is 5. The predicted octanol–water partition coefficient (Wildman–Crippen LogP) is -0.692. The van der Waals surface area contributed by atoms with Crippen LogP contribution in [0.15, 0.2) is 0 Å². The number of likely N-dealkylation sites (N-methyl/N-ethyl adjacent to an activating group) is 1. The molecule has 8 nitrogen and oxygen atoms in total. The maximum atomic E-state index is 5.33. The maximum Gasteiger partial charge on any atom is 0.322 e. The zero-order valence-electron chi connectivity index (χ0n) is 10.8. The molecular formula is C10H19N7O. The average Bonchev–Trinajstić information content (AvgIpc) is 2.46. The Morgan fingerprint density at radius 2 is 1.94 bits per heavy atom. The molecule has 0 saturated carbocycles. The molecule has 0 amide bonds. The lowest BCUT2D eigenvalue weighted by molar-refractivity contribution is 0.269. The van der Waals surface area contributed by atoms with Crippen LogP contribution in [-0.4, -0.2) is 59.7 Å². The Bertz CT molecular complexity index is 370. The minimum absolute atomic E-state index is 0.269. The molecule has 0 bridgehead atoms. The van der Waals surface area contributed by atoms with Crippen LogP contribution in [0, 0.1) is 0 Å². The van der Waals surface area contributed by atoms with Crippen LogP contribution in [-0.2, 0) is 0 Å². The maximum absolute atomic E-state index is 5.33. The molecule has 1 saturated heterocycles. The van der Waals surface area contributed by atoms with Crippen molar-refractivity contribution in [1.29, 1.82) is 0 Å². The molecule has 100 valence electrons. The van der Waals surface area contributed by atoms with E-state index in [1.807, 2.05) is 0 Å². The molecule has 1 fully saturated rings. The molecule has 0 radical (unpaired) electrons. The van der Waals surface area contributed by atoms with Crippen molar-refractivity contribution < 1.29 is 4.74 Å². The lowest BCUT2D eigenvalue weighted by Crippen LogP contribution is -2.46. The highest BCUT2D eigenvalue weighted by molar-refractivity contribution is 5.38.